The van der Waals surface area contributed by atoms with Crippen LogP contribution in [-0.4, -0.2) is 43.6 Å². The van der Waals surface area contributed by atoms with E-state index in [2.05, 4.69) is 9.62 Å². The van der Waals surface area contributed by atoms with Gasteiger partial charge in [-0.05, 0) is 44.8 Å². The summed E-state index contributed by atoms with van der Waals surface area (Å²) in [6.07, 6.45) is 4.21. The second kappa shape index (κ2) is 5.73. The molecule has 0 spiro atoms. The van der Waals surface area contributed by atoms with Crippen LogP contribution < -0.4 is 4.72 Å². The summed E-state index contributed by atoms with van der Waals surface area (Å²) in [7, 11) is -3.45. The first kappa shape index (κ1) is 14.5. The topological polar surface area (TPSA) is 69.6 Å². The van der Waals surface area contributed by atoms with Crippen molar-refractivity contribution >= 4 is 21.4 Å². The van der Waals surface area contributed by atoms with Crippen LogP contribution in [0.4, 0.5) is 0 Å². The average Bonchev–Trinajstić information content (AvgIpc) is 3.06. The largest absolute Gasteiger partial charge is 0.391 e. The number of nitrogens with one attached hydrogen (secondary N) is 1. The molecule has 2 aliphatic rings. The van der Waals surface area contributed by atoms with Gasteiger partial charge >= 0.3 is 0 Å². The minimum Gasteiger partial charge on any atom is -0.391 e. The molecule has 1 aromatic rings. The van der Waals surface area contributed by atoms with Crippen molar-refractivity contribution in [3.05, 3.63) is 16.3 Å². The molecular formula is C13H20N2O3S2. The lowest BCUT2D eigenvalue weighted by atomic mass is 9.99. The molecule has 0 amide bonds. The van der Waals surface area contributed by atoms with Gasteiger partial charge in [-0.3, -0.25) is 0 Å². The van der Waals surface area contributed by atoms with Crippen LogP contribution in [-0.2, 0) is 16.6 Å². The number of fused-ring (bicyclic) bond motifs is 1. The maximum Gasteiger partial charge on any atom is 0.241 e. The highest BCUT2D eigenvalue weighted by atomic mass is 32.2. The fraction of sp³-hybridized carbons (Fsp3) is 0.692. The Labute approximate surface area is 123 Å². The summed E-state index contributed by atoms with van der Waals surface area (Å²) in [5.74, 6) is 0. The Bertz CT molecular complexity index is 570. The highest BCUT2D eigenvalue weighted by Gasteiger charge is 2.33. The molecular weight excluding hydrogens is 296 g/mol. The Hall–Kier alpha value is -0.470. The number of thiophene rings is 1. The first-order valence-electron chi connectivity index (χ1n) is 7.03. The van der Waals surface area contributed by atoms with Crippen LogP contribution >= 0.6 is 11.3 Å². The van der Waals surface area contributed by atoms with Crippen molar-refractivity contribution in [2.24, 2.45) is 0 Å². The molecule has 3 heterocycles. The smallest absolute Gasteiger partial charge is 0.241 e. The SMILES string of the molecule is O=S(=O)(NC1CCN2CCCC2C1)c1csc(CO)c1. The molecule has 2 fully saturated rings. The lowest BCUT2D eigenvalue weighted by molar-refractivity contribution is 0.176. The second-order valence-corrected chi connectivity index (χ2v) is 8.29. The average molecular weight is 316 g/mol. The monoisotopic (exact) mass is 316 g/mol. The molecule has 112 valence electrons. The van der Waals surface area contributed by atoms with Crippen molar-refractivity contribution in [3.8, 4) is 0 Å². The molecule has 20 heavy (non-hydrogen) atoms. The third kappa shape index (κ3) is 2.92. The van der Waals surface area contributed by atoms with E-state index in [1.807, 2.05) is 0 Å². The number of aliphatic hydroxyl groups is 1. The van der Waals surface area contributed by atoms with Gasteiger partial charge in [0.25, 0.3) is 0 Å². The summed E-state index contributed by atoms with van der Waals surface area (Å²) in [5, 5.41) is 10.6. The molecule has 2 atom stereocenters. The van der Waals surface area contributed by atoms with E-state index >= 15 is 0 Å². The lowest BCUT2D eigenvalue weighted by Crippen LogP contribution is -2.47. The molecule has 0 bridgehead atoms. The molecule has 5 nitrogen and oxygen atoms in total. The predicted octanol–water partition coefficient (Wildman–Crippen LogP) is 1.15. The Morgan fingerprint density at radius 1 is 1.40 bits per heavy atom. The van der Waals surface area contributed by atoms with Crippen molar-refractivity contribution in [2.75, 3.05) is 13.1 Å². The van der Waals surface area contributed by atoms with E-state index < -0.39 is 10.0 Å². The van der Waals surface area contributed by atoms with E-state index in [-0.39, 0.29) is 17.5 Å². The summed E-state index contributed by atoms with van der Waals surface area (Å²) in [6, 6.07) is 2.14. The van der Waals surface area contributed by atoms with Gasteiger partial charge in [-0.15, -0.1) is 11.3 Å². The molecule has 7 heteroatoms. The third-order valence-corrected chi connectivity index (χ3v) is 6.81. The molecule has 1 aromatic heterocycles. The van der Waals surface area contributed by atoms with Crippen molar-refractivity contribution in [1.29, 1.82) is 0 Å². The Morgan fingerprint density at radius 3 is 3.00 bits per heavy atom. The van der Waals surface area contributed by atoms with Crippen molar-refractivity contribution in [1.82, 2.24) is 9.62 Å². The quantitative estimate of drug-likeness (QED) is 0.874. The van der Waals surface area contributed by atoms with E-state index in [9.17, 15) is 8.42 Å². The molecule has 0 aliphatic carbocycles. The number of aliphatic hydroxyl groups excluding tert-OH is 1. The van der Waals surface area contributed by atoms with Gasteiger partial charge in [0.2, 0.25) is 10.0 Å². The van der Waals surface area contributed by atoms with Crippen LogP contribution in [0, 0.1) is 0 Å². The minimum absolute atomic E-state index is 0.0387. The number of sulfonamides is 1. The summed E-state index contributed by atoms with van der Waals surface area (Å²) in [4.78, 5) is 3.43. The molecule has 2 saturated heterocycles. The molecule has 2 aliphatic heterocycles. The zero-order valence-corrected chi connectivity index (χ0v) is 12.9. The number of hydrogen-bond donors (Lipinski definition) is 2. The van der Waals surface area contributed by atoms with Crippen LogP contribution in [0.15, 0.2) is 16.3 Å². The molecule has 3 rings (SSSR count). The van der Waals surface area contributed by atoms with Crippen LogP contribution in [0.2, 0.25) is 0 Å². The van der Waals surface area contributed by atoms with Gasteiger partial charge in [-0.25, -0.2) is 13.1 Å². The Morgan fingerprint density at radius 2 is 2.25 bits per heavy atom. The molecule has 0 aromatic carbocycles. The number of piperidine rings is 1. The van der Waals surface area contributed by atoms with Gasteiger partial charge in [0.05, 0.1) is 11.5 Å². The minimum atomic E-state index is -3.45. The number of rotatable bonds is 4. The van der Waals surface area contributed by atoms with Crippen LogP contribution in [0.3, 0.4) is 0 Å². The van der Waals surface area contributed by atoms with E-state index in [1.54, 1.807) is 11.4 Å². The van der Waals surface area contributed by atoms with Crippen molar-refractivity contribution < 1.29 is 13.5 Å². The molecule has 0 radical (unpaired) electrons. The highest BCUT2D eigenvalue weighted by Crippen LogP contribution is 2.28. The second-order valence-electron chi connectivity index (χ2n) is 5.58. The van der Waals surface area contributed by atoms with Crippen molar-refractivity contribution in [2.45, 2.75) is 49.3 Å². The number of nitrogens with zero attached hydrogens (tertiary/aromatic N) is 1. The Kier molecular flexibility index (Phi) is 4.14. The molecule has 2 unspecified atom stereocenters. The predicted molar refractivity (Wildman–Crippen MR) is 78.2 cm³/mol. The van der Waals surface area contributed by atoms with Gasteiger partial charge in [0.15, 0.2) is 0 Å². The zero-order valence-electron chi connectivity index (χ0n) is 11.3. The van der Waals surface area contributed by atoms with E-state index in [0.29, 0.717) is 10.9 Å². The lowest BCUT2D eigenvalue weighted by Gasteiger charge is -2.34. The first-order valence-corrected chi connectivity index (χ1v) is 9.39. The third-order valence-electron chi connectivity index (χ3n) is 4.24. The zero-order chi connectivity index (χ0) is 14.2. The first-order chi connectivity index (χ1) is 9.58. The van der Waals surface area contributed by atoms with Gasteiger partial charge < -0.3 is 10.0 Å². The van der Waals surface area contributed by atoms with Crippen molar-refractivity contribution in [3.63, 3.8) is 0 Å². The fourth-order valence-electron chi connectivity index (χ4n) is 3.20. The molecule has 2 N–H and O–H groups in total. The maximum atomic E-state index is 12.3. The summed E-state index contributed by atoms with van der Waals surface area (Å²) in [6.45, 7) is 2.04. The Balaban J connectivity index is 1.67. The number of hydrogen-bond acceptors (Lipinski definition) is 5. The maximum absolute atomic E-state index is 12.3. The standard InChI is InChI=1S/C13H20N2O3S2/c16-8-12-7-13(9-19-12)20(17,18)14-10-3-5-15-4-1-2-11(15)6-10/h7,9-11,14,16H,1-6,8H2. The normalized spacial score (nSPS) is 27.6. The van der Waals surface area contributed by atoms with Crippen LogP contribution in [0.1, 0.15) is 30.6 Å². The summed E-state index contributed by atoms with van der Waals surface area (Å²) < 4.78 is 27.5. The van der Waals surface area contributed by atoms with E-state index in [0.717, 1.165) is 25.9 Å². The molecule has 0 saturated carbocycles. The van der Waals surface area contributed by atoms with Crippen LogP contribution in [0.25, 0.3) is 0 Å². The van der Waals surface area contributed by atoms with Gasteiger partial charge in [0, 0.05) is 22.3 Å². The highest BCUT2D eigenvalue weighted by molar-refractivity contribution is 7.89. The van der Waals surface area contributed by atoms with E-state index in [4.69, 9.17) is 5.11 Å². The summed E-state index contributed by atoms with van der Waals surface area (Å²) in [5.41, 5.74) is 0. The fourth-order valence-corrected chi connectivity index (χ4v) is 5.62. The van der Waals surface area contributed by atoms with Gasteiger partial charge in [-0.1, -0.05) is 0 Å². The van der Waals surface area contributed by atoms with Crippen LogP contribution in [0.5, 0.6) is 0 Å². The summed E-state index contributed by atoms with van der Waals surface area (Å²) >= 11 is 1.28. The van der Waals surface area contributed by atoms with Gasteiger partial charge in [0.1, 0.15) is 0 Å². The van der Waals surface area contributed by atoms with E-state index in [1.165, 1.54) is 24.2 Å². The van der Waals surface area contributed by atoms with Gasteiger partial charge in [-0.2, -0.15) is 0 Å².